The maximum absolute atomic E-state index is 14.0. The summed E-state index contributed by atoms with van der Waals surface area (Å²) in [5.74, 6) is -0.454. The highest BCUT2D eigenvalue weighted by molar-refractivity contribution is 5.89. The number of unbranched alkanes of at least 4 members (excludes halogenated alkanes) is 1. The Morgan fingerprint density at radius 3 is 2.77 bits per heavy atom. The number of nitrogens with one attached hydrogen (secondary N) is 1. The van der Waals surface area contributed by atoms with Crippen LogP contribution in [0.5, 0.6) is 0 Å². The smallest absolute Gasteiger partial charge is 0.237 e. The van der Waals surface area contributed by atoms with Crippen molar-refractivity contribution in [2.45, 2.75) is 58.7 Å². The van der Waals surface area contributed by atoms with E-state index in [0.29, 0.717) is 31.7 Å². The quantitative estimate of drug-likeness (QED) is 0.772. The molecule has 26 heavy (non-hydrogen) atoms. The van der Waals surface area contributed by atoms with E-state index in [-0.39, 0.29) is 30.1 Å². The van der Waals surface area contributed by atoms with Gasteiger partial charge in [0.2, 0.25) is 11.8 Å². The average Bonchev–Trinajstić information content (AvgIpc) is 2.60. The van der Waals surface area contributed by atoms with E-state index in [1.54, 1.807) is 18.2 Å². The fraction of sp³-hybridized carbons (Fsp3) is 0.600. The van der Waals surface area contributed by atoms with Gasteiger partial charge in [-0.1, -0.05) is 31.5 Å². The number of piperazine rings is 1. The molecule has 1 aliphatic rings. The van der Waals surface area contributed by atoms with Crippen molar-refractivity contribution in [3.63, 3.8) is 0 Å². The largest absolute Gasteiger partial charge is 0.353 e. The van der Waals surface area contributed by atoms with Gasteiger partial charge in [0.25, 0.3) is 0 Å². The minimum atomic E-state index is -0.557. The third kappa shape index (κ3) is 5.27. The van der Waals surface area contributed by atoms with E-state index in [4.69, 9.17) is 0 Å². The van der Waals surface area contributed by atoms with Crippen molar-refractivity contribution in [1.82, 2.24) is 15.1 Å². The Balaban J connectivity index is 2.10. The molecule has 1 N–H and O–H groups in total. The molecular weight excluding hydrogens is 333 g/mol. The van der Waals surface area contributed by atoms with Crippen molar-refractivity contribution in [2.75, 3.05) is 19.6 Å². The number of carbonyl (C=O) groups excluding carboxylic acids is 2. The van der Waals surface area contributed by atoms with Crippen LogP contribution in [0.1, 0.15) is 45.6 Å². The predicted molar refractivity (Wildman–Crippen MR) is 100.0 cm³/mol. The van der Waals surface area contributed by atoms with Gasteiger partial charge < -0.3 is 10.2 Å². The highest BCUT2D eigenvalue weighted by Crippen LogP contribution is 2.18. The van der Waals surface area contributed by atoms with Crippen molar-refractivity contribution in [3.8, 4) is 0 Å². The standard InChI is InChI=1S/C20H30FN3O2/c1-4-5-11-24(15(2)3)19(25)13-18-20(26)22-10-12-23(18)14-16-8-6-7-9-17(16)21/h6-9,15,18H,4-5,10-14H2,1-3H3,(H,22,26)/t18-/m1/s1. The molecule has 0 spiro atoms. The van der Waals surface area contributed by atoms with Gasteiger partial charge in [-0.15, -0.1) is 0 Å². The van der Waals surface area contributed by atoms with Crippen LogP contribution in [0.25, 0.3) is 0 Å². The maximum Gasteiger partial charge on any atom is 0.237 e. The summed E-state index contributed by atoms with van der Waals surface area (Å²) in [4.78, 5) is 29.0. The zero-order valence-corrected chi connectivity index (χ0v) is 16.0. The van der Waals surface area contributed by atoms with E-state index < -0.39 is 6.04 Å². The number of carbonyl (C=O) groups is 2. The second-order valence-electron chi connectivity index (χ2n) is 7.11. The predicted octanol–water partition coefficient (Wildman–Crippen LogP) is 2.55. The minimum Gasteiger partial charge on any atom is -0.353 e. The topological polar surface area (TPSA) is 52.7 Å². The van der Waals surface area contributed by atoms with Crippen molar-refractivity contribution < 1.29 is 14.0 Å². The zero-order chi connectivity index (χ0) is 19.1. The second-order valence-corrected chi connectivity index (χ2v) is 7.11. The SMILES string of the molecule is CCCCN(C(=O)C[C@@H]1C(=O)NCCN1Cc1ccccc1F)C(C)C. The highest BCUT2D eigenvalue weighted by atomic mass is 19.1. The molecule has 2 amide bonds. The fourth-order valence-electron chi connectivity index (χ4n) is 3.30. The first-order chi connectivity index (χ1) is 12.4. The molecule has 5 nitrogen and oxygen atoms in total. The number of hydrogen-bond donors (Lipinski definition) is 1. The van der Waals surface area contributed by atoms with Crippen molar-refractivity contribution in [3.05, 3.63) is 35.6 Å². The van der Waals surface area contributed by atoms with Crippen LogP contribution in [0, 0.1) is 5.82 Å². The minimum absolute atomic E-state index is 0.0194. The number of rotatable bonds is 8. The van der Waals surface area contributed by atoms with Gasteiger partial charge in [0.05, 0.1) is 12.5 Å². The fourth-order valence-corrected chi connectivity index (χ4v) is 3.30. The Labute approximate surface area is 155 Å². The lowest BCUT2D eigenvalue weighted by molar-refractivity contribution is -0.140. The molecule has 0 unspecified atom stereocenters. The summed E-state index contributed by atoms with van der Waals surface area (Å²) < 4.78 is 14.0. The molecule has 1 fully saturated rings. The Kier molecular flexibility index (Phi) is 7.57. The molecule has 1 aromatic rings. The van der Waals surface area contributed by atoms with Crippen molar-refractivity contribution in [2.24, 2.45) is 0 Å². The molecule has 1 aliphatic heterocycles. The van der Waals surface area contributed by atoms with Crippen LogP contribution in [0.3, 0.4) is 0 Å². The Morgan fingerprint density at radius 2 is 2.12 bits per heavy atom. The first-order valence-electron chi connectivity index (χ1n) is 9.48. The monoisotopic (exact) mass is 363 g/mol. The van der Waals surface area contributed by atoms with Crippen LogP contribution in [-0.2, 0) is 16.1 Å². The van der Waals surface area contributed by atoms with Gasteiger partial charge in [-0.3, -0.25) is 14.5 Å². The number of hydrogen-bond acceptors (Lipinski definition) is 3. The molecule has 1 aromatic carbocycles. The number of halogens is 1. The van der Waals surface area contributed by atoms with Gasteiger partial charge >= 0.3 is 0 Å². The molecule has 1 atom stereocenters. The third-order valence-corrected chi connectivity index (χ3v) is 4.84. The van der Waals surface area contributed by atoms with Gasteiger partial charge in [0.15, 0.2) is 0 Å². The van der Waals surface area contributed by atoms with Gasteiger partial charge in [-0.05, 0) is 26.3 Å². The van der Waals surface area contributed by atoms with Crippen LogP contribution in [0.4, 0.5) is 4.39 Å². The summed E-state index contributed by atoms with van der Waals surface area (Å²) >= 11 is 0. The van der Waals surface area contributed by atoms with E-state index in [1.165, 1.54) is 6.07 Å². The number of amides is 2. The Hall–Kier alpha value is -1.95. The van der Waals surface area contributed by atoms with Gasteiger partial charge in [0, 0.05) is 37.8 Å². The second kappa shape index (κ2) is 9.67. The number of benzene rings is 1. The van der Waals surface area contributed by atoms with E-state index in [0.717, 1.165) is 12.8 Å². The van der Waals surface area contributed by atoms with E-state index in [1.807, 2.05) is 23.6 Å². The van der Waals surface area contributed by atoms with Crippen LogP contribution < -0.4 is 5.32 Å². The molecular formula is C20H30FN3O2. The van der Waals surface area contributed by atoms with Crippen molar-refractivity contribution in [1.29, 1.82) is 0 Å². The molecule has 0 aromatic heterocycles. The number of nitrogens with zero attached hydrogens (tertiary/aromatic N) is 2. The molecule has 6 heteroatoms. The van der Waals surface area contributed by atoms with Crippen molar-refractivity contribution >= 4 is 11.8 Å². The summed E-state index contributed by atoms with van der Waals surface area (Å²) in [5.41, 5.74) is 0.548. The lowest BCUT2D eigenvalue weighted by atomic mass is 10.0. The van der Waals surface area contributed by atoms with E-state index >= 15 is 0 Å². The highest BCUT2D eigenvalue weighted by Gasteiger charge is 2.33. The molecule has 0 radical (unpaired) electrons. The summed E-state index contributed by atoms with van der Waals surface area (Å²) in [6.45, 7) is 8.23. The normalized spacial score (nSPS) is 18.0. The van der Waals surface area contributed by atoms with E-state index in [9.17, 15) is 14.0 Å². The summed E-state index contributed by atoms with van der Waals surface area (Å²) in [5, 5.41) is 2.83. The lowest BCUT2D eigenvalue weighted by Gasteiger charge is -2.36. The summed E-state index contributed by atoms with van der Waals surface area (Å²) in [7, 11) is 0. The molecule has 1 saturated heterocycles. The van der Waals surface area contributed by atoms with E-state index in [2.05, 4.69) is 12.2 Å². The van der Waals surface area contributed by atoms with Crippen LogP contribution in [0.15, 0.2) is 24.3 Å². The lowest BCUT2D eigenvalue weighted by Crippen LogP contribution is -2.56. The molecule has 0 saturated carbocycles. The third-order valence-electron chi connectivity index (χ3n) is 4.84. The molecule has 0 bridgehead atoms. The van der Waals surface area contributed by atoms with Gasteiger partial charge in [-0.25, -0.2) is 4.39 Å². The van der Waals surface area contributed by atoms with Crippen LogP contribution >= 0.6 is 0 Å². The molecule has 2 rings (SSSR count). The van der Waals surface area contributed by atoms with Crippen LogP contribution in [-0.4, -0.2) is 53.3 Å². The molecule has 1 heterocycles. The maximum atomic E-state index is 14.0. The Morgan fingerprint density at radius 1 is 1.38 bits per heavy atom. The van der Waals surface area contributed by atoms with Crippen LogP contribution in [0.2, 0.25) is 0 Å². The zero-order valence-electron chi connectivity index (χ0n) is 16.0. The van der Waals surface area contributed by atoms with Gasteiger partial charge in [0.1, 0.15) is 5.82 Å². The molecule has 144 valence electrons. The van der Waals surface area contributed by atoms with Gasteiger partial charge in [-0.2, -0.15) is 0 Å². The first kappa shape index (κ1) is 20.4. The molecule has 0 aliphatic carbocycles. The summed E-state index contributed by atoms with van der Waals surface area (Å²) in [6, 6.07) is 6.12. The Bertz CT molecular complexity index is 621. The average molecular weight is 363 g/mol. The summed E-state index contributed by atoms with van der Waals surface area (Å²) in [6.07, 6.45) is 2.09. The first-order valence-corrected chi connectivity index (χ1v) is 9.48.